The van der Waals surface area contributed by atoms with Gasteiger partial charge in [-0.1, -0.05) is 18.6 Å². The summed E-state index contributed by atoms with van der Waals surface area (Å²) in [5.74, 6) is 0.208. The third kappa shape index (κ3) is 2.59. The molecule has 0 aromatic rings. The van der Waals surface area contributed by atoms with Gasteiger partial charge in [-0.3, -0.25) is 4.79 Å². The van der Waals surface area contributed by atoms with Crippen LogP contribution in [0.4, 0.5) is 0 Å². The highest BCUT2D eigenvalue weighted by atomic mass is 16.2. The lowest BCUT2D eigenvalue weighted by atomic mass is 9.85. The van der Waals surface area contributed by atoms with E-state index >= 15 is 0 Å². The summed E-state index contributed by atoms with van der Waals surface area (Å²) in [6, 6.07) is 0. The van der Waals surface area contributed by atoms with Crippen molar-refractivity contribution >= 4 is 5.91 Å². The molecule has 1 aliphatic rings. The van der Waals surface area contributed by atoms with Crippen LogP contribution in [0.3, 0.4) is 0 Å². The van der Waals surface area contributed by atoms with E-state index in [1.54, 1.807) is 0 Å². The topological polar surface area (TPSA) is 46.3 Å². The van der Waals surface area contributed by atoms with Gasteiger partial charge in [0.05, 0.1) is 5.41 Å². The largest absolute Gasteiger partial charge is 0.338 e. The zero-order valence-electron chi connectivity index (χ0n) is 10.0. The number of amides is 1. The molecular formula is C12H22N2O. The maximum Gasteiger partial charge on any atom is 0.230 e. The lowest BCUT2D eigenvalue weighted by Gasteiger charge is -2.34. The van der Waals surface area contributed by atoms with Crippen LogP contribution in [0.2, 0.25) is 0 Å². The molecule has 0 aromatic carbocycles. The Hall–Kier alpha value is -0.830. The molecule has 15 heavy (non-hydrogen) atoms. The second kappa shape index (κ2) is 4.79. The van der Waals surface area contributed by atoms with Gasteiger partial charge in [0.1, 0.15) is 0 Å². The number of carbonyl (C=O) groups excluding carboxylic acids is 1. The fourth-order valence-electron chi connectivity index (χ4n) is 1.85. The monoisotopic (exact) mass is 210 g/mol. The van der Waals surface area contributed by atoms with Crippen molar-refractivity contribution in [2.45, 2.75) is 33.6 Å². The number of hydrogen-bond acceptors (Lipinski definition) is 2. The first kappa shape index (κ1) is 12.2. The van der Waals surface area contributed by atoms with Gasteiger partial charge in [0.25, 0.3) is 0 Å². The van der Waals surface area contributed by atoms with Gasteiger partial charge < -0.3 is 10.6 Å². The molecule has 0 saturated heterocycles. The summed E-state index contributed by atoms with van der Waals surface area (Å²) >= 11 is 0. The first-order valence-corrected chi connectivity index (χ1v) is 5.68. The highest BCUT2D eigenvalue weighted by Crippen LogP contribution is 2.24. The third-order valence-corrected chi connectivity index (χ3v) is 3.37. The molecule has 1 heterocycles. The van der Waals surface area contributed by atoms with Crippen LogP contribution < -0.4 is 5.73 Å². The first-order valence-electron chi connectivity index (χ1n) is 5.68. The van der Waals surface area contributed by atoms with Crippen molar-refractivity contribution in [2.75, 3.05) is 19.6 Å². The van der Waals surface area contributed by atoms with Gasteiger partial charge in [0, 0.05) is 19.6 Å². The molecule has 0 radical (unpaired) electrons. The molecule has 0 aromatic heterocycles. The number of nitrogens with two attached hydrogens (primary N) is 1. The van der Waals surface area contributed by atoms with E-state index in [-0.39, 0.29) is 11.3 Å². The molecule has 1 atom stereocenters. The summed E-state index contributed by atoms with van der Waals surface area (Å²) < 4.78 is 0. The molecule has 0 bridgehead atoms. The molecule has 1 unspecified atom stereocenters. The zero-order chi connectivity index (χ0) is 11.5. The maximum absolute atomic E-state index is 12.2. The van der Waals surface area contributed by atoms with Crippen LogP contribution in [0, 0.1) is 5.41 Å². The van der Waals surface area contributed by atoms with Crippen LogP contribution in [0.25, 0.3) is 0 Å². The Bertz CT molecular complexity index is 267. The van der Waals surface area contributed by atoms with Gasteiger partial charge in [0.2, 0.25) is 5.91 Å². The minimum Gasteiger partial charge on any atom is -0.338 e. The second-order valence-corrected chi connectivity index (χ2v) is 4.68. The van der Waals surface area contributed by atoms with Crippen molar-refractivity contribution in [1.29, 1.82) is 0 Å². The molecule has 3 nitrogen and oxygen atoms in total. The first-order chi connectivity index (χ1) is 7.03. The van der Waals surface area contributed by atoms with Gasteiger partial charge in [-0.15, -0.1) is 0 Å². The van der Waals surface area contributed by atoms with E-state index < -0.39 is 0 Å². The Labute approximate surface area is 92.3 Å². The number of rotatable bonds is 3. The summed E-state index contributed by atoms with van der Waals surface area (Å²) in [7, 11) is 0. The normalized spacial score (nSPS) is 20.8. The SMILES string of the molecule is CCC(C)(CN)C(=O)N1CCC=C(C)C1. The molecule has 3 heteroatoms. The van der Waals surface area contributed by atoms with E-state index in [1.807, 2.05) is 18.7 Å². The third-order valence-electron chi connectivity index (χ3n) is 3.37. The highest BCUT2D eigenvalue weighted by Gasteiger charge is 2.34. The van der Waals surface area contributed by atoms with Gasteiger partial charge in [0.15, 0.2) is 0 Å². The quantitative estimate of drug-likeness (QED) is 0.718. The van der Waals surface area contributed by atoms with Gasteiger partial charge in [-0.25, -0.2) is 0 Å². The summed E-state index contributed by atoms with van der Waals surface area (Å²) in [6.07, 6.45) is 3.99. The summed E-state index contributed by atoms with van der Waals surface area (Å²) in [6.45, 7) is 8.10. The summed E-state index contributed by atoms with van der Waals surface area (Å²) in [5.41, 5.74) is 6.60. The van der Waals surface area contributed by atoms with E-state index in [2.05, 4.69) is 13.0 Å². The van der Waals surface area contributed by atoms with E-state index in [0.717, 1.165) is 25.9 Å². The van der Waals surface area contributed by atoms with Crippen LogP contribution in [0.15, 0.2) is 11.6 Å². The standard InChI is InChI=1S/C12H22N2O/c1-4-12(3,9-13)11(15)14-7-5-6-10(2)8-14/h6H,4-5,7-9,13H2,1-3H3. The maximum atomic E-state index is 12.2. The minimum absolute atomic E-state index is 0.208. The molecule has 1 aliphatic heterocycles. The number of nitrogens with zero attached hydrogens (tertiary/aromatic N) is 1. The minimum atomic E-state index is -0.377. The molecule has 1 rings (SSSR count). The van der Waals surface area contributed by atoms with Crippen LogP contribution in [-0.4, -0.2) is 30.4 Å². The molecule has 0 saturated carbocycles. The van der Waals surface area contributed by atoms with Crippen molar-refractivity contribution in [1.82, 2.24) is 4.90 Å². The lowest BCUT2D eigenvalue weighted by molar-refractivity contribution is -0.140. The van der Waals surface area contributed by atoms with Gasteiger partial charge in [-0.2, -0.15) is 0 Å². The van der Waals surface area contributed by atoms with Crippen LogP contribution in [-0.2, 0) is 4.79 Å². The predicted molar refractivity (Wildman–Crippen MR) is 62.4 cm³/mol. The Kier molecular flexibility index (Phi) is 3.91. The summed E-state index contributed by atoms with van der Waals surface area (Å²) in [4.78, 5) is 14.2. The second-order valence-electron chi connectivity index (χ2n) is 4.68. The van der Waals surface area contributed by atoms with Crippen LogP contribution in [0.5, 0.6) is 0 Å². The average Bonchev–Trinajstić information content (AvgIpc) is 2.27. The van der Waals surface area contributed by atoms with E-state index in [4.69, 9.17) is 5.73 Å². The van der Waals surface area contributed by atoms with Crippen molar-refractivity contribution in [3.8, 4) is 0 Å². The Morgan fingerprint density at radius 1 is 1.67 bits per heavy atom. The van der Waals surface area contributed by atoms with Gasteiger partial charge >= 0.3 is 0 Å². The Morgan fingerprint density at radius 2 is 2.33 bits per heavy atom. The van der Waals surface area contributed by atoms with Crippen molar-refractivity contribution < 1.29 is 4.79 Å². The fraction of sp³-hybridized carbons (Fsp3) is 0.750. The van der Waals surface area contributed by atoms with Crippen LogP contribution >= 0.6 is 0 Å². The van der Waals surface area contributed by atoms with E-state index in [9.17, 15) is 4.79 Å². The molecule has 86 valence electrons. The average molecular weight is 210 g/mol. The Balaban J connectivity index is 2.72. The van der Waals surface area contributed by atoms with Crippen molar-refractivity contribution in [2.24, 2.45) is 11.1 Å². The summed E-state index contributed by atoms with van der Waals surface area (Å²) in [5, 5.41) is 0. The van der Waals surface area contributed by atoms with Gasteiger partial charge in [-0.05, 0) is 26.7 Å². The molecule has 0 fully saturated rings. The van der Waals surface area contributed by atoms with Crippen LogP contribution in [0.1, 0.15) is 33.6 Å². The number of carbonyl (C=O) groups is 1. The van der Waals surface area contributed by atoms with Crippen molar-refractivity contribution in [3.63, 3.8) is 0 Å². The molecule has 0 aliphatic carbocycles. The molecule has 1 amide bonds. The predicted octanol–water partition coefficient (Wildman–Crippen LogP) is 1.54. The highest BCUT2D eigenvalue weighted by molar-refractivity contribution is 5.83. The fourth-order valence-corrected chi connectivity index (χ4v) is 1.85. The zero-order valence-corrected chi connectivity index (χ0v) is 10.0. The lowest BCUT2D eigenvalue weighted by Crippen LogP contribution is -2.47. The smallest absolute Gasteiger partial charge is 0.230 e. The van der Waals surface area contributed by atoms with E-state index in [0.29, 0.717) is 6.54 Å². The Morgan fingerprint density at radius 3 is 2.80 bits per heavy atom. The van der Waals surface area contributed by atoms with Crippen molar-refractivity contribution in [3.05, 3.63) is 11.6 Å². The molecule has 2 N–H and O–H groups in total. The number of hydrogen-bond donors (Lipinski definition) is 1. The molecular weight excluding hydrogens is 188 g/mol. The van der Waals surface area contributed by atoms with E-state index in [1.165, 1.54) is 5.57 Å². The molecule has 0 spiro atoms.